The van der Waals surface area contributed by atoms with Gasteiger partial charge >= 0.3 is 0 Å². The van der Waals surface area contributed by atoms with E-state index in [-0.39, 0.29) is 23.7 Å². The van der Waals surface area contributed by atoms with Crippen LogP contribution in [0, 0.1) is 0 Å². The van der Waals surface area contributed by atoms with Crippen LogP contribution in [0.1, 0.15) is 23.2 Å². The van der Waals surface area contributed by atoms with E-state index in [1.165, 1.54) is 7.11 Å². The average molecular weight is 345 g/mol. The first-order valence-corrected chi connectivity index (χ1v) is 7.94. The third-order valence-corrected chi connectivity index (χ3v) is 4.14. The number of nitrogens with one attached hydrogen (secondary N) is 1. The molecule has 2 amide bonds. The molecule has 0 saturated carbocycles. The maximum Gasteiger partial charge on any atom is 0.257 e. The predicted octanol–water partition coefficient (Wildman–Crippen LogP) is 2.31. The normalized spacial score (nSPS) is 15.5. The van der Waals surface area contributed by atoms with Crippen LogP contribution in [0.25, 0.3) is 0 Å². The molecular formula is C15H18Cl2N2O3. The molecule has 0 unspecified atom stereocenters. The molecule has 1 aliphatic heterocycles. The van der Waals surface area contributed by atoms with Crippen molar-refractivity contribution < 1.29 is 14.3 Å². The minimum absolute atomic E-state index is 0.0428. The Hall–Kier alpha value is -1.46. The first-order valence-electron chi connectivity index (χ1n) is 7.03. The van der Waals surface area contributed by atoms with Gasteiger partial charge in [0.05, 0.1) is 12.7 Å². The number of halogens is 2. The van der Waals surface area contributed by atoms with Gasteiger partial charge in [-0.1, -0.05) is 11.6 Å². The Morgan fingerprint density at radius 3 is 2.64 bits per heavy atom. The molecule has 0 aliphatic carbocycles. The van der Waals surface area contributed by atoms with Gasteiger partial charge in [-0.05, 0) is 31.0 Å². The fraction of sp³-hybridized carbons (Fsp3) is 0.467. The van der Waals surface area contributed by atoms with Crippen LogP contribution in [0.4, 0.5) is 0 Å². The average Bonchev–Trinajstić information content (AvgIpc) is 2.54. The Balaban J connectivity index is 2.01. The van der Waals surface area contributed by atoms with Crippen molar-refractivity contribution in [3.63, 3.8) is 0 Å². The van der Waals surface area contributed by atoms with Gasteiger partial charge in [0, 0.05) is 24.2 Å². The molecule has 1 aromatic carbocycles. The lowest BCUT2D eigenvalue weighted by molar-refractivity contribution is -0.119. The molecular weight excluding hydrogens is 327 g/mol. The van der Waals surface area contributed by atoms with Crippen LogP contribution in [0.3, 0.4) is 0 Å². The van der Waals surface area contributed by atoms with Gasteiger partial charge in [-0.3, -0.25) is 9.59 Å². The van der Waals surface area contributed by atoms with E-state index in [0.29, 0.717) is 42.3 Å². The monoisotopic (exact) mass is 344 g/mol. The maximum atomic E-state index is 12.6. The molecule has 1 aromatic rings. The molecule has 2 rings (SSSR count). The zero-order valence-electron chi connectivity index (χ0n) is 12.3. The number of ether oxygens (including phenoxy) is 1. The zero-order valence-corrected chi connectivity index (χ0v) is 13.8. The van der Waals surface area contributed by atoms with Gasteiger partial charge in [-0.2, -0.15) is 0 Å². The number of nitrogens with zero attached hydrogens (tertiary/aromatic N) is 1. The van der Waals surface area contributed by atoms with Crippen molar-refractivity contribution in [3.8, 4) is 5.75 Å². The molecule has 0 bridgehead atoms. The van der Waals surface area contributed by atoms with Crippen LogP contribution < -0.4 is 10.1 Å². The lowest BCUT2D eigenvalue weighted by atomic mass is 10.0. The summed E-state index contributed by atoms with van der Waals surface area (Å²) in [6.07, 6.45) is 1.41. The molecule has 1 aliphatic rings. The number of methoxy groups -OCH3 is 1. The molecule has 0 atom stereocenters. The summed E-state index contributed by atoms with van der Waals surface area (Å²) in [4.78, 5) is 25.6. The number of alkyl halides is 1. The van der Waals surface area contributed by atoms with Crippen LogP contribution >= 0.6 is 23.2 Å². The Bertz CT molecular complexity index is 558. The summed E-state index contributed by atoms with van der Waals surface area (Å²) >= 11 is 11.4. The van der Waals surface area contributed by atoms with Gasteiger partial charge in [0.2, 0.25) is 5.91 Å². The highest BCUT2D eigenvalue weighted by molar-refractivity contribution is 6.31. The fourth-order valence-corrected chi connectivity index (χ4v) is 2.76. The predicted molar refractivity (Wildman–Crippen MR) is 85.8 cm³/mol. The second-order valence-corrected chi connectivity index (χ2v) is 5.82. The van der Waals surface area contributed by atoms with Crippen LogP contribution in [0.5, 0.6) is 5.75 Å². The largest absolute Gasteiger partial charge is 0.496 e. The second-order valence-electron chi connectivity index (χ2n) is 5.11. The number of hydrogen-bond donors (Lipinski definition) is 1. The molecule has 1 saturated heterocycles. The smallest absolute Gasteiger partial charge is 0.257 e. The number of rotatable bonds is 4. The molecule has 1 fully saturated rings. The van der Waals surface area contributed by atoms with E-state index in [9.17, 15) is 9.59 Å². The molecule has 0 spiro atoms. The van der Waals surface area contributed by atoms with E-state index in [1.807, 2.05) is 0 Å². The summed E-state index contributed by atoms with van der Waals surface area (Å²) in [5.41, 5.74) is 0.457. The third-order valence-electron chi connectivity index (χ3n) is 3.66. The van der Waals surface area contributed by atoms with Gasteiger partial charge in [0.25, 0.3) is 5.91 Å². The van der Waals surface area contributed by atoms with Crippen molar-refractivity contribution in [3.05, 3.63) is 28.8 Å². The Labute approximate surface area is 139 Å². The topological polar surface area (TPSA) is 58.6 Å². The maximum absolute atomic E-state index is 12.6. The van der Waals surface area contributed by atoms with Crippen LogP contribution in [0.15, 0.2) is 18.2 Å². The van der Waals surface area contributed by atoms with E-state index in [1.54, 1.807) is 23.1 Å². The standard InChI is InChI=1S/C15H18Cl2N2O3/c1-22-13-3-2-10(17)8-12(13)15(21)19-6-4-11(5-7-19)18-14(20)9-16/h2-3,8,11H,4-7,9H2,1H3,(H,18,20). The molecule has 7 heteroatoms. The van der Waals surface area contributed by atoms with Crippen LogP contribution in [-0.4, -0.2) is 48.8 Å². The van der Waals surface area contributed by atoms with Crippen LogP contribution in [-0.2, 0) is 4.79 Å². The number of benzene rings is 1. The zero-order chi connectivity index (χ0) is 16.1. The summed E-state index contributed by atoms with van der Waals surface area (Å²) in [5.74, 6) is 0.176. The van der Waals surface area contributed by atoms with Gasteiger partial charge < -0.3 is 15.0 Å². The second kappa shape index (κ2) is 7.70. The summed E-state index contributed by atoms with van der Waals surface area (Å²) in [5, 5.41) is 3.34. The molecule has 5 nitrogen and oxygen atoms in total. The SMILES string of the molecule is COc1ccc(Cl)cc1C(=O)N1CCC(NC(=O)CCl)CC1. The van der Waals surface area contributed by atoms with Crippen molar-refractivity contribution in [1.29, 1.82) is 0 Å². The van der Waals surface area contributed by atoms with E-state index >= 15 is 0 Å². The van der Waals surface area contributed by atoms with Crippen molar-refractivity contribution in [2.75, 3.05) is 26.1 Å². The van der Waals surface area contributed by atoms with Crippen molar-refractivity contribution in [2.45, 2.75) is 18.9 Å². The van der Waals surface area contributed by atoms with Crippen molar-refractivity contribution in [1.82, 2.24) is 10.2 Å². The molecule has 1 N–H and O–H groups in total. The summed E-state index contributed by atoms with van der Waals surface area (Å²) in [6.45, 7) is 1.14. The minimum atomic E-state index is -0.178. The highest BCUT2D eigenvalue weighted by atomic mass is 35.5. The third kappa shape index (κ3) is 4.05. The summed E-state index contributed by atoms with van der Waals surface area (Å²) in [6, 6.07) is 5.05. The lowest BCUT2D eigenvalue weighted by Gasteiger charge is -2.32. The number of carbonyl (C=O) groups excluding carboxylic acids is 2. The van der Waals surface area contributed by atoms with Crippen molar-refractivity contribution >= 4 is 35.0 Å². The number of hydrogen-bond acceptors (Lipinski definition) is 3. The van der Waals surface area contributed by atoms with Gasteiger partial charge in [0.15, 0.2) is 0 Å². The Morgan fingerprint density at radius 2 is 2.05 bits per heavy atom. The fourth-order valence-electron chi connectivity index (χ4n) is 2.51. The lowest BCUT2D eigenvalue weighted by Crippen LogP contribution is -2.46. The number of piperidine rings is 1. The summed E-state index contributed by atoms with van der Waals surface area (Å²) in [7, 11) is 1.52. The first-order chi connectivity index (χ1) is 10.5. The molecule has 120 valence electrons. The van der Waals surface area contributed by atoms with E-state index in [2.05, 4.69) is 5.32 Å². The molecule has 0 radical (unpaired) electrons. The van der Waals surface area contributed by atoms with Gasteiger partial charge in [-0.25, -0.2) is 0 Å². The first kappa shape index (κ1) is 16.9. The van der Waals surface area contributed by atoms with E-state index in [0.717, 1.165) is 0 Å². The van der Waals surface area contributed by atoms with Gasteiger partial charge in [0.1, 0.15) is 11.6 Å². The quantitative estimate of drug-likeness (QED) is 0.852. The van der Waals surface area contributed by atoms with Crippen molar-refractivity contribution in [2.24, 2.45) is 0 Å². The minimum Gasteiger partial charge on any atom is -0.496 e. The number of amides is 2. The summed E-state index contributed by atoms with van der Waals surface area (Å²) < 4.78 is 5.22. The molecule has 0 aromatic heterocycles. The Morgan fingerprint density at radius 1 is 1.36 bits per heavy atom. The Kier molecular flexibility index (Phi) is 5.91. The number of carbonyl (C=O) groups is 2. The highest BCUT2D eigenvalue weighted by Gasteiger charge is 2.26. The van der Waals surface area contributed by atoms with Crippen LogP contribution in [0.2, 0.25) is 5.02 Å². The number of likely N-dealkylation sites (tertiary alicyclic amines) is 1. The molecule has 22 heavy (non-hydrogen) atoms. The van der Waals surface area contributed by atoms with E-state index in [4.69, 9.17) is 27.9 Å². The van der Waals surface area contributed by atoms with E-state index < -0.39 is 0 Å². The molecule has 1 heterocycles. The highest BCUT2D eigenvalue weighted by Crippen LogP contribution is 2.25. The van der Waals surface area contributed by atoms with Gasteiger partial charge in [-0.15, -0.1) is 11.6 Å².